The Morgan fingerprint density at radius 3 is 2.88 bits per heavy atom. The Hall–Kier alpha value is -1.84. The zero-order valence-corrected chi connectivity index (χ0v) is 10.2. The van der Waals surface area contributed by atoms with Crippen molar-refractivity contribution in [2.45, 2.75) is 26.7 Å². The lowest BCUT2D eigenvalue weighted by Gasteiger charge is -2.00. The van der Waals surface area contributed by atoms with Gasteiger partial charge in [-0.05, 0) is 24.5 Å². The first kappa shape index (κ1) is 11.6. The van der Waals surface area contributed by atoms with Crippen molar-refractivity contribution in [2.75, 3.05) is 11.9 Å². The molecule has 2 rings (SSSR count). The first-order valence-corrected chi connectivity index (χ1v) is 5.90. The zero-order valence-electron chi connectivity index (χ0n) is 10.2. The van der Waals surface area contributed by atoms with Gasteiger partial charge in [0.25, 0.3) is 0 Å². The normalized spacial score (nSPS) is 10.5. The summed E-state index contributed by atoms with van der Waals surface area (Å²) in [6, 6.07) is 8.74. The molecule has 0 aliphatic carbocycles. The third-order valence-corrected chi connectivity index (χ3v) is 2.60. The second kappa shape index (κ2) is 5.48. The summed E-state index contributed by atoms with van der Waals surface area (Å²) in [5, 5.41) is 7.03. The third kappa shape index (κ3) is 3.06. The van der Waals surface area contributed by atoms with E-state index < -0.39 is 0 Å². The molecule has 0 unspecified atom stereocenters. The van der Waals surface area contributed by atoms with Crippen LogP contribution in [0.25, 0.3) is 0 Å². The fraction of sp³-hybridized carbons (Fsp3) is 0.385. The SMILES string of the molecule is CCCNc1nc(Cc2ccccc2C)no1. The minimum absolute atomic E-state index is 0.510. The number of aromatic nitrogens is 2. The topological polar surface area (TPSA) is 51.0 Å². The van der Waals surface area contributed by atoms with Gasteiger partial charge in [-0.2, -0.15) is 4.98 Å². The van der Waals surface area contributed by atoms with Gasteiger partial charge >= 0.3 is 6.01 Å². The van der Waals surface area contributed by atoms with Gasteiger partial charge in [0, 0.05) is 13.0 Å². The summed E-state index contributed by atoms with van der Waals surface area (Å²) in [6.07, 6.45) is 1.75. The molecule has 0 radical (unpaired) electrons. The maximum atomic E-state index is 5.11. The summed E-state index contributed by atoms with van der Waals surface area (Å²) in [4.78, 5) is 4.30. The lowest BCUT2D eigenvalue weighted by atomic mass is 10.1. The van der Waals surface area contributed by atoms with E-state index >= 15 is 0 Å². The van der Waals surface area contributed by atoms with E-state index in [1.807, 2.05) is 12.1 Å². The summed E-state index contributed by atoms with van der Waals surface area (Å²) in [5.41, 5.74) is 2.48. The van der Waals surface area contributed by atoms with Gasteiger partial charge < -0.3 is 9.84 Å². The molecule has 17 heavy (non-hydrogen) atoms. The second-order valence-electron chi connectivity index (χ2n) is 4.05. The molecule has 0 bridgehead atoms. The molecule has 1 aromatic carbocycles. The highest BCUT2D eigenvalue weighted by Gasteiger charge is 2.07. The number of nitrogens with zero attached hydrogens (tertiary/aromatic N) is 2. The Labute approximate surface area is 101 Å². The summed E-state index contributed by atoms with van der Waals surface area (Å²) in [5.74, 6) is 0.720. The van der Waals surface area contributed by atoms with Gasteiger partial charge in [0.2, 0.25) is 0 Å². The van der Waals surface area contributed by atoms with Crippen LogP contribution in [0.5, 0.6) is 0 Å². The monoisotopic (exact) mass is 231 g/mol. The third-order valence-electron chi connectivity index (χ3n) is 2.60. The Balaban J connectivity index is 2.04. The minimum atomic E-state index is 0.510. The van der Waals surface area contributed by atoms with Gasteiger partial charge in [-0.15, -0.1) is 0 Å². The molecule has 1 N–H and O–H groups in total. The molecule has 0 spiro atoms. The van der Waals surface area contributed by atoms with Crippen LogP contribution >= 0.6 is 0 Å². The highest BCUT2D eigenvalue weighted by atomic mass is 16.5. The fourth-order valence-electron chi connectivity index (χ4n) is 1.61. The molecule has 1 aromatic heterocycles. The quantitative estimate of drug-likeness (QED) is 0.859. The predicted octanol–water partition coefficient (Wildman–Crippen LogP) is 2.79. The van der Waals surface area contributed by atoms with Gasteiger partial charge in [0.1, 0.15) is 0 Å². The number of aryl methyl sites for hydroxylation is 1. The average Bonchev–Trinajstić information content (AvgIpc) is 2.77. The molecule has 0 fully saturated rings. The molecular formula is C13H17N3O. The molecule has 0 saturated heterocycles. The van der Waals surface area contributed by atoms with Crippen molar-refractivity contribution in [3.63, 3.8) is 0 Å². The first-order valence-electron chi connectivity index (χ1n) is 5.90. The lowest BCUT2D eigenvalue weighted by Crippen LogP contribution is -2.00. The Kier molecular flexibility index (Phi) is 3.75. The van der Waals surface area contributed by atoms with Gasteiger partial charge in [-0.3, -0.25) is 0 Å². The number of anilines is 1. The van der Waals surface area contributed by atoms with Crippen molar-refractivity contribution in [2.24, 2.45) is 0 Å². The summed E-state index contributed by atoms with van der Waals surface area (Å²) >= 11 is 0. The van der Waals surface area contributed by atoms with E-state index in [4.69, 9.17) is 4.52 Å². The van der Waals surface area contributed by atoms with E-state index in [0.29, 0.717) is 12.4 Å². The van der Waals surface area contributed by atoms with Crippen LogP contribution in [-0.4, -0.2) is 16.7 Å². The summed E-state index contributed by atoms with van der Waals surface area (Å²) in [7, 11) is 0. The van der Waals surface area contributed by atoms with Crippen molar-refractivity contribution >= 4 is 6.01 Å². The highest BCUT2D eigenvalue weighted by molar-refractivity contribution is 5.29. The van der Waals surface area contributed by atoms with Crippen molar-refractivity contribution < 1.29 is 4.52 Å². The molecule has 0 amide bonds. The van der Waals surface area contributed by atoms with Gasteiger partial charge in [0.05, 0.1) is 0 Å². The van der Waals surface area contributed by atoms with E-state index in [9.17, 15) is 0 Å². The van der Waals surface area contributed by atoms with E-state index in [-0.39, 0.29) is 0 Å². The Bertz CT molecular complexity index is 479. The number of hydrogen-bond acceptors (Lipinski definition) is 4. The van der Waals surface area contributed by atoms with Gasteiger partial charge in [0.15, 0.2) is 5.82 Å². The maximum Gasteiger partial charge on any atom is 0.321 e. The largest absolute Gasteiger partial charge is 0.338 e. The van der Waals surface area contributed by atoms with Crippen LogP contribution in [0.15, 0.2) is 28.8 Å². The lowest BCUT2D eigenvalue weighted by molar-refractivity contribution is 0.423. The number of benzene rings is 1. The highest BCUT2D eigenvalue weighted by Crippen LogP contribution is 2.12. The molecule has 0 saturated carbocycles. The number of nitrogens with one attached hydrogen (secondary N) is 1. The van der Waals surface area contributed by atoms with E-state index in [1.165, 1.54) is 11.1 Å². The average molecular weight is 231 g/mol. The van der Waals surface area contributed by atoms with Crippen molar-refractivity contribution in [3.8, 4) is 0 Å². The van der Waals surface area contributed by atoms with Crippen molar-refractivity contribution in [3.05, 3.63) is 41.2 Å². The standard InChI is InChI=1S/C13H17N3O/c1-3-8-14-13-15-12(16-17-13)9-11-7-5-4-6-10(11)2/h4-7H,3,8-9H2,1-2H3,(H,14,15,16). The Morgan fingerprint density at radius 1 is 1.29 bits per heavy atom. The molecule has 4 heteroatoms. The van der Waals surface area contributed by atoms with Crippen LogP contribution in [0.4, 0.5) is 6.01 Å². The van der Waals surface area contributed by atoms with Crippen LogP contribution in [0, 0.1) is 6.92 Å². The molecule has 0 aliphatic heterocycles. The van der Waals surface area contributed by atoms with E-state index in [1.54, 1.807) is 0 Å². The molecular weight excluding hydrogens is 214 g/mol. The maximum absolute atomic E-state index is 5.11. The summed E-state index contributed by atoms with van der Waals surface area (Å²) < 4.78 is 5.11. The molecule has 2 aromatic rings. The van der Waals surface area contributed by atoms with Gasteiger partial charge in [-0.25, -0.2) is 0 Å². The molecule has 0 aliphatic rings. The minimum Gasteiger partial charge on any atom is -0.338 e. The van der Waals surface area contributed by atoms with Gasteiger partial charge in [-0.1, -0.05) is 36.3 Å². The van der Waals surface area contributed by atoms with Crippen LogP contribution in [0.2, 0.25) is 0 Å². The fourth-order valence-corrected chi connectivity index (χ4v) is 1.61. The Morgan fingerprint density at radius 2 is 2.12 bits per heavy atom. The van der Waals surface area contributed by atoms with E-state index in [2.05, 4.69) is 41.4 Å². The predicted molar refractivity (Wildman–Crippen MR) is 67.1 cm³/mol. The molecule has 4 nitrogen and oxygen atoms in total. The van der Waals surface area contributed by atoms with Crippen molar-refractivity contribution in [1.29, 1.82) is 0 Å². The van der Waals surface area contributed by atoms with Crippen LogP contribution < -0.4 is 5.32 Å². The van der Waals surface area contributed by atoms with E-state index in [0.717, 1.165) is 18.8 Å². The van der Waals surface area contributed by atoms with Crippen molar-refractivity contribution in [1.82, 2.24) is 10.1 Å². The van der Waals surface area contributed by atoms with Crippen LogP contribution in [0.1, 0.15) is 30.3 Å². The molecule has 90 valence electrons. The molecule has 1 heterocycles. The zero-order chi connectivity index (χ0) is 12.1. The smallest absolute Gasteiger partial charge is 0.321 e. The first-order chi connectivity index (χ1) is 8.29. The van der Waals surface area contributed by atoms with Crippen LogP contribution in [-0.2, 0) is 6.42 Å². The molecule has 0 atom stereocenters. The number of hydrogen-bond donors (Lipinski definition) is 1. The number of rotatable bonds is 5. The van der Waals surface area contributed by atoms with Crippen LogP contribution in [0.3, 0.4) is 0 Å². The second-order valence-corrected chi connectivity index (χ2v) is 4.05. The summed E-state index contributed by atoms with van der Waals surface area (Å²) in [6.45, 7) is 5.04.